The van der Waals surface area contributed by atoms with E-state index in [1.807, 2.05) is 25.1 Å². The van der Waals surface area contributed by atoms with E-state index in [0.717, 1.165) is 12.0 Å². The Morgan fingerprint density at radius 3 is 2.80 bits per heavy atom. The highest BCUT2D eigenvalue weighted by atomic mass is 16.5. The first kappa shape index (κ1) is 16.1. The zero-order valence-corrected chi connectivity index (χ0v) is 12.5. The number of amides is 2. The van der Waals surface area contributed by atoms with E-state index >= 15 is 0 Å². The van der Waals surface area contributed by atoms with Gasteiger partial charge in [-0.25, -0.2) is 4.79 Å². The summed E-state index contributed by atoms with van der Waals surface area (Å²) in [5.41, 5.74) is 1.67. The average Bonchev–Trinajstić information content (AvgIpc) is 2.36. The Hall–Kier alpha value is -1.97. The summed E-state index contributed by atoms with van der Waals surface area (Å²) >= 11 is 0. The normalized spacial score (nSPS) is 10.2. The Labute approximate surface area is 121 Å². The van der Waals surface area contributed by atoms with E-state index in [1.165, 1.54) is 0 Å². The molecule has 1 rings (SSSR count). The van der Waals surface area contributed by atoms with Gasteiger partial charge in [-0.05, 0) is 37.0 Å². The van der Waals surface area contributed by atoms with Crippen LogP contribution in [-0.4, -0.2) is 19.2 Å². The Balaban J connectivity index is 2.44. The molecular formula is C16H24N2O2. The molecule has 0 unspecified atom stereocenters. The Morgan fingerprint density at radius 2 is 2.15 bits per heavy atom. The summed E-state index contributed by atoms with van der Waals surface area (Å²) in [4.78, 5) is 11.7. The molecule has 0 bridgehead atoms. The summed E-state index contributed by atoms with van der Waals surface area (Å²) in [6, 6.07) is 7.13. The molecule has 0 atom stereocenters. The maximum atomic E-state index is 11.7. The van der Waals surface area contributed by atoms with Gasteiger partial charge >= 0.3 is 6.03 Å². The van der Waals surface area contributed by atoms with E-state index in [-0.39, 0.29) is 6.03 Å². The van der Waals surface area contributed by atoms with Crippen LogP contribution < -0.4 is 15.4 Å². The smallest absolute Gasteiger partial charge is 0.319 e. The van der Waals surface area contributed by atoms with Crippen molar-refractivity contribution in [2.24, 2.45) is 5.92 Å². The van der Waals surface area contributed by atoms with Crippen LogP contribution in [0.5, 0.6) is 5.75 Å². The lowest BCUT2D eigenvalue weighted by Gasteiger charge is -2.10. The quantitative estimate of drug-likeness (QED) is 0.744. The molecule has 110 valence electrons. The maximum absolute atomic E-state index is 11.7. The third-order valence-electron chi connectivity index (χ3n) is 2.58. The molecule has 2 N–H and O–H groups in total. The fraction of sp³-hybridized carbons (Fsp3) is 0.438. The lowest BCUT2D eigenvalue weighted by atomic mass is 10.1. The third-order valence-corrected chi connectivity index (χ3v) is 2.58. The van der Waals surface area contributed by atoms with Crippen molar-refractivity contribution in [1.29, 1.82) is 0 Å². The second-order valence-electron chi connectivity index (χ2n) is 5.34. The monoisotopic (exact) mass is 276 g/mol. The number of rotatable bonds is 7. The van der Waals surface area contributed by atoms with Crippen LogP contribution in [-0.2, 0) is 0 Å². The van der Waals surface area contributed by atoms with Crippen LogP contribution in [0.4, 0.5) is 10.5 Å². The van der Waals surface area contributed by atoms with Crippen LogP contribution in [0, 0.1) is 5.92 Å². The lowest BCUT2D eigenvalue weighted by Crippen LogP contribution is -2.30. The molecule has 0 spiro atoms. The van der Waals surface area contributed by atoms with Crippen LogP contribution in [0.1, 0.15) is 27.2 Å². The van der Waals surface area contributed by atoms with Gasteiger partial charge in [0.2, 0.25) is 0 Å². The first-order valence-electron chi connectivity index (χ1n) is 6.89. The summed E-state index contributed by atoms with van der Waals surface area (Å²) in [5, 5.41) is 5.62. The molecule has 1 aromatic carbocycles. The second-order valence-corrected chi connectivity index (χ2v) is 5.34. The molecule has 0 saturated heterocycles. The predicted molar refractivity (Wildman–Crippen MR) is 83.2 cm³/mol. The van der Waals surface area contributed by atoms with Crippen molar-refractivity contribution in [3.8, 4) is 5.75 Å². The predicted octanol–water partition coefficient (Wildman–Crippen LogP) is 3.81. The van der Waals surface area contributed by atoms with Crippen LogP contribution in [0.15, 0.2) is 36.4 Å². The number of hydrogen-bond donors (Lipinski definition) is 2. The minimum absolute atomic E-state index is 0.192. The van der Waals surface area contributed by atoms with E-state index < -0.39 is 0 Å². The SMILES string of the molecule is C=C(C)COc1cccc(NC(=O)NCCC(C)C)c1. The molecule has 0 heterocycles. The Kier molecular flexibility index (Phi) is 6.64. The average molecular weight is 276 g/mol. The largest absolute Gasteiger partial charge is 0.489 e. The van der Waals surface area contributed by atoms with Crippen LogP contribution >= 0.6 is 0 Å². The molecule has 0 fully saturated rings. The highest BCUT2D eigenvalue weighted by Crippen LogP contribution is 2.17. The first-order valence-corrected chi connectivity index (χ1v) is 6.89. The fourth-order valence-corrected chi connectivity index (χ4v) is 1.52. The van der Waals surface area contributed by atoms with Crippen LogP contribution in [0.25, 0.3) is 0 Å². The minimum atomic E-state index is -0.192. The van der Waals surface area contributed by atoms with Gasteiger partial charge in [-0.3, -0.25) is 0 Å². The van der Waals surface area contributed by atoms with Gasteiger partial charge in [-0.1, -0.05) is 26.5 Å². The van der Waals surface area contributed by atoms with Gasteiger partial charge in [0, 0.05) is 18.3 Å². The number of benzene rings is 1. The highest BCUT2D eigenvalue weighted by molar-refractivity contribution is 5.89. The molecular weight excluding hydrogens is 252 g/mol. The number of carbonyl (C=O) groups excluding carboxylic acids is 1. The molecule has 20 heavy (non-hydrogen) atoms. The summed E-state index contributed by atoms with van der Waals surface area (Å²) in [6.45, 7) is 11.1. The van der Waals surface area contributed by atoms with Gasteiger partial charge in [0.1, 0.15) is 12.4 Å². The number of nitrogens with one attached hydrogen (secondary N) is 2. The van der Waals surface area contributed by atoms with Gasteiger partial charge in [0.25, 0.3) is 0 Å². The van der Waals surface area contributed by atoms with E-state index in [1.54, 1.807) is 6.07 Å². The van der Waals surface area contributed by atoms with Crippen molar-refractivity contribution in [3.05, 3.63) is 36.4 Å². The molecule has 0 aliphatic heterocycles. The number of anilines is 1. The van der Waals surface area contributed by atoms with Crippen LogP contribution in [0.3, 0.4) is 0 Å². The zero-order valence-electron chi connectivity index (χ0n) is 12.5. The topological polar surface area (TPSA) is 50.4 Å². The fourth-order valence-electron chi connectivity index (χ4n) is 1.52. The molecule has 1 aromatic rings. The summed E-state index contributed by atoms with van der Waals surface area (Å²) in [7, 11) is 0. The van der Waals surface area contributed by atoms with E-state index in [0.29, 0.717) is 30.5 Å². The third kappa shape index (κ3) is 6.83. The Morgan fingerprint density at radius 1 is 1.40 bits per heavy atom. The van der Waals surface area contributed by atoms with Crippen molar-refractivity contribution < 1.29 is 9.53 Å². The number of hydrogen-bond acceptors (Lipinski definition) is 2. The molecule has 4 nitrogen and oxygen atoms in total. The van der Waals surface area contributed by atoms with Gasteiger partial charge in [0.15, 0.2) is 0 Å². The lowest BCUT2D eigenvalue weighted by molar-refractivity contribution is 0.251. The second kappa shape index (κ2) is 8.25. The molecule has 0 saturated carbocycles. The van der Waals surface area contributed by atoms with Gasteiger partial charge < -0.3 is 15.4 Å². The van der Waals surface area contributed by atoms with Gasteiger partial charge in [-0.2, -0.15) is 0 Å². The Bertz CT molecular complexity index is 456. The van der Waals surface area contributed by atoms with Crippen molar-refractivity contribution in [1.82, 2.24) is 5.32 Å². The van der Waals surface area contributed by atoms with Gasteiger partial charge in [0.05, 0.1) is 0 Å². The molecule has 0 radical (unpaired) electrons. The van der Waals surface area contributed by atoms with E-state index in [9.17, 15) is 4.79 Å². The van der Waals surface area contributed by atoms with E-state index in [2.05, 4.69) is 31.1 Å². The van der Waals surface area contributed by atoms with Crippen molar-refractivity contribution in [3.63, 3.8) is 0 Å². The van der Waals surface area contributed by atoms with E-state index in [4.69, 9.17) is 4.74 Å². The number of ether oxygens (including phenoxy) is 1. The summed E-state index contributed by atoms with van der Waals surface area (Å²) < 4.78 is 5.53. The summed E-state index contributed by atoms with van der Waals surface area (Å²) in [6.07, 6.45) is 0.967. The molecule has 0 aromatic heterocycles. The van der Waals surface area contributed by atoms with Gasteiger partial charge in [-0.15, -0.1) is 0 Å². The van der Waals surface area contributed by atoms with Crippen molar-refractivity contribution in [2.45, 2.75) is 27.2 Å². The van der Waals surface area contributed by atoms with Crippen LogP contribution in [0.2, 0.25) is 0 Å². The first-order chi connectivity index (χ1) is 9.47. The zero-order chi connectivity index (χ0) is 15.0. The molecule has 4 heteroatoms. The van der Waals surface area contributed by atoms with Crippen molar-refractivity contribution >= 4 is 11.7 Å². The van der Waals surface area contributed by atoms with Crippen molar-refractivity contribution in [2.75, 3.05) is 18.5 Å². The number of carbonyl (C=O) groups is 1. The molecule has 2 amide bonds. The molecule has 0 aliphatic rings. The number of urea groups is 1. The standard InChI is InChI=1S/C16H24N2O2/c1-12(2)8-9-17-16(19)18-14-6-5-7-15(10-14)20-11-13(3)4/h5-7,10,12H,3,8-9,11H2,1-2,4H3,(H2,17,18,19). The molecule has 0 aliphatic carbocycles. The maximum Gasteiger partial charge on any atom is 0.319 e. The minimum Gasteiger partial charge on any atom is -0.489 e. The highest BCUT2D eigenvalue weighted by Gasteiger charge is 2.03. The summed E-state index contributed by atoms with van der Waals surface area (Å²) in [5.74, 6) is 1.29.